The van der Waals surface area contributed by atoms with Gasteiger partial charge in [0.15, 0.2) is 0 Å². The van der Waals surface area contributed by atoms with Crippen molar-refractivity contribution in [3.05, 3.63) is 6.04 Å². The molecule has 0 aliphatic rings. The zero-order valence-electron chi connectivity index (χ0n) is 17.1. The molecule has 0 atom stereocenters. The number of unbranched alkanes of at least 4 members (excludes halogenated alkanes) is 13. The summed E-state index contributed by atoms with van der Waals surface area (Å²) >= 11 is 0. The molecule has 0 spiro atoms. The van der Waals surface area contributed by atoms with Crippen LogP contribution in [-0.4, -0.2) is 8.07 Å². The van der Waals surface area contributed by atoms with Gasteiger partial charge in [-0.3, -0.25) is 0 Å². The van der Waals surface area contributed by atoms with Crippen LogP contribution in [0, 0.1) is 6.04 Å². The van der Waals surface area contributed by atoms with Gasteiger partial charge in [0.2, 0.25) is 0 Å². The highest BCUT2D eigenvalue weighted by Crippen LogP contribution is 2.25. The molecule has 0 saturated carbocycles. The van der Waals surface area contributed by atoms with E-state index >= 15 is 0 Å². The van der Waals surface area contributed by atoms with Crippen LogP contribution in [0.15, 0.2) is 0 Å². The summed E-state index contributed by atoms with van der Waals surface area (Å²) in [6, 6.07) is 7.15. The highest BCUT2D eigenvalue weighted by atomic mass is 28.3. The van der Waals surface area contributed by atoms with Crippen molar-refractivity contribution in [2.45, 2.75) is 136 Å². The molecule has 1 radical (unpaired) electrons. The topological polar surface area (TPSA) is 0 Å². The van der Waals surface area contributed by atoms with Crippen LogP contribution in [0.25, 0.3) is 0 Å². The van der Waals surface area contributed by atoms with Crippen molar-refractivity contribution in [3.8, 4) is 0 Å². The molecule has 0 nitrogen and oxygen atoms in total. The largest absolute Gasteiger partial charge is 0.0678 e. The predicted octanol–water partition coefficient (Wildman–Crippen LogP) is 8.72. The first kappa shape index (κ1) is 23.2. The molecule has 0 aromatic rings. The molecule has 0 aliphatic heterocycles. The molecule has 0 amide bonds. The Kier molecular flexibility index (Phi) is 17.2. The third kappa shape index (κ3) is 13.2. The van der Waals surface area contributed by atoms with E-state index in [2.05, 4.69) is 33.7 Å². The fraction of sp³-hybridized carbons (Fsp3) is 0.955. The van der Waals surface area contributed by atoms with Crippen molar-refractivity contribution in [2.24, 2.45) is 0 Å². The smallest absolute Gasteiger partial charge is 0.0558 e. The van der Waals surface area contributed by atoms with Gasteiger partial charge in [-0.05, 0) is 6.04 Å². The standard InChI is InChI=1S/C22H47Si/c1-5-9-10-11-12-13-14-15-16-17-18-19-20-21-22-23(6-2,7-3)8-4/h22H,5-21H2,1-4H3. The van der Waals surface area contributed by atoms with Gasteiger partial charge in [-0.2, -0.15) is 0 Å². The monoisotopic (exact) mass is 339 g/mol. The summed E-state index contributed by atoms with van der Waals surface area (Å²) in [4.78, 5) is 0. The molecule has 0 rings (SSSR count). The molecule has 23 heavy (non-hydrogen) atoms. The second-order valence-corrected chi connectivity index (χ2v) is 12.9. The van der Waals surface area contributed by atoms with Crippen LogP contribution in [0.5, 0.6) is 0 Å². The first-order valence-corrected chi connectivity index (χ1v) is 13.8. The van der Waals surface area contributed by atoms with E-state index in [1.54, 1.807) is 0 Å². The highest BCUT2D eigenvalue weighted by molar-refractivity contribution is 6.82. The Morgan fingerprint density at radius 3 is 1.17 bits per heavy atom. The van der Waals surface area contributed by atoms with Gasteiger partial charge in [-0.1, -0.05) is 136 Å². The van der Waals surface area contributed by atoms with Gasteiger partial charge in [-0.15, -0.1) is 0 Å². The SMILES string of the molecule is CCCCCCCCCCCCCCC[CH][Si](CC)(CC)CC. The number of rotatable bonds is 18. The first-order chi connectivity index (χ1) is 11.2. The fourth-order valence-corrected chi connectivity index (χ4v) is 6.94. The highest BCUT2D eigenvalue weighted by Gasteiger charge is 2.25. The lowest BCUT2D eigenvalue weighted by molar-refractivity contribution is 0.539. The van der Waals surface area contributed by atoms with Crippen LogP contribution in [0.3, 0.4) is 0 Å². The molecule has 0 aromatic carbocycles. The van der Waals surface area contributed by atoms with Gasteiger partial charge in [0, 0.05) is 0 Å². The Morgan fingerprint density at radius 1 is 0.478 bits per heavy atom. The number of hydrogen-bond donors (Lipinski definition) is 0. The summed E-state index contributed by atoms with van der Waals surface area (Å²) in [5.41, 5.74) is 0. The summed E-state index contributed by atoms with van der Waals surface area (Å²) in [5, 5.41) is 0. The van der Waals surface area contributed by atoms with Crippen molar-refractivity contribution in [3.63, 3.8) is 0 Å². The van der Waals surface area contributed by atoms with Crippen molar-refractivity contribution < 1.29 is 0 Å². The minimum atomic E-state index is -0.945. The van der Waals surface area contributed by atoms with Gasteiger partial charge in [-0.25, -0.2) is 0 Å². The molecule has 0 heterocycles. The fourth-order valence-electron chi connectivity index (χ4n) is 3.75. The van der Waals surface area contributed by atoms with Crippen LogP contribution >= 0.6 is 0 Å². The molecule has 0 saturated heterocycles. The minimum absolute atomic E-state index is 0.945. The van der Waals surface area contributed by atoms with Crippen molar-refractivity contribution in [2.75, 3.05) is 0 Å². The van der Waals surface area contributed by atoms with E-state index in [1.165, 1.54) is 108 Å². The molecule has 0 aliphatic carbocycles. The van der Waals surface area contributed by atoms with E-state index in [1.807, 2.05) is 0 Å². The van der Waals surface area contributed by atoms with Crippen molar-refractivity contribution >= 4 is 8.07 Å². The van der Waals surface area contributed by atoms with E-state index in [0.717, 1.165) is 0 Å². The van der Waals surface area contributed by atoms with Crippen molar-refractivity contribution in [1.82, 2.24) is 0 Å². The molecular formula is C22H47Si. The normalized spacial score (nSPS) is 12.0. The van der Waals surface area contributed by atoms with Gasteiger partial charge in [0.1, 0.15) is 0 Å². The predicted molar refractivity (Wildman–Crippen MR) is 112 cm³/mol. The van der Waals surface area contributed by atoms with E-state index in [-0.39, 0.29) is 0 Å². The third-order valence-electron chi connectivity index (χ3n) is 6.00. The van der Waals surface area contributed by atoms with E-state index in [0.29, 0.717) is 0 Å². The molecule has 0 N–H and O–H groups in total. The molecule has 0 fully saturated rings. The lowest BCUT2D eigenvalue weighted by atomic mass is 10.0. The maximum absolute atomic E-state index is 2.78. The third-order valence-corrected chi connectivity index (χ3v) is 11.4. The molecule has 0 unspecified atom stereocenters. The Bertz CT molecular complexity index is 212. The maximum atomic E-state index is 2.78. The lowest BCUT2D eigenvalue weighted by Gasteiger charge is -2.27. The Labute approximate surface area is 150 Å². The van der Waals surface area contributed by atoms with Crippen LogP contribution in [-0.2, 0) is 0 Å². The molecule has 0 bridgehead atoms. The van der Waals surface area contributed by atoms with Crippen LogP contribution < -0.4 is 0 Å². The minimum Gasteiger partial charge on any atom is -0.0678 e. The first-order valence-electron chi connectivity index (χ1n) is 11.1. The van der Waals surface area contributed by atoms with Crippen molar-refractivity contribution in [1.29, 1.82) is 0 Å². The van der Waals surface area contributed by atoms with Crippen LogP contribution in [0.1, 0.15) is 118 Å². The van der Waals surface area contributed by atoms with Gasteiger partial charge in [0.25, 0.3) is 0 Å². The van der Waals surface area contributed by atoms with Gasteiger partial charge in [0.05, 0.1) is 8.07 Å². The molecule has 1 heteroatoms. The average molecular weight is 340 g/mol. The summed E-state index contributed by atoms with van der Waals surface area (Å²) < 4.78 is 0. The van der Waals surface area contributed by atoms with Gasteiger partial charge < -0.3 is 0 Å². The summed E-state index contributed by atoms with van der Waals surface area (Å²) in [6.45, 7) is 9.55. The van der Waals surface area contributed by atoms with E-state index in [4.69, 9.17) is 0 Å². The zero-order chi connectivity index (χ0) is 17.2. The zero-order valence-corrected chi connectivity index (χ0v) is 18.1. The maximum Gasteiger partial charge on any atom is 0.0558 e. The quantitative estimate of drug-likeness (QED) is 0.173. The Balaban J connectivity index is 3.25. The van der Waals surface area contributed by atoms with E-state index < -0.39 is 8.07 Å². The summed E-state index contributed by atoms with van der Waals surface area (Å²) in [6.07, 6.45) is 20.4. The van der Waals surface area contributed by atoms with Crippen LogP contribution in [0.4, 0.5) is 0 Å². The Hall–Kier alpha value is 0.217. The molecule has 0 aromatic heterocycles. The van der Waals surface area contributed by atoms with Gasteiger partial charge >= 0.3 is 0 Å². The number of hydrogen-bond acceptors (Lipinski definition) is 0. The molecular weight excluding hydrogens is 292 g/mol. The lowest BCUT2D eigenvalue weighted by Crippen LogP contribution is -2.32. The summed E-state index contributed by atoms with van der Waals surface area (Å²) in [7, 11) is -0.945. The molecule has 139 valence electrons. The second kappa shape index (κ2) is 17.1. The summed E-state index contributed by atoms with van der Waals surface area (Å²) in [5.74, 6) is 0. The Morgan fingerprint density at radius 2 is 0.826 bits per heavy atom. The second-order valence-electron chi connectivity index (χ2n) is 7.66. The van der Waals surface area contributed by atoms with E-state index in [9.17, 15) is 0 Å². The average Bonchev–Trinajstić information content (AvgIpc) is 2.59. The van der Waals surface area contributed by atoms with Crippen LogP contribution in [0.2, 0.25) is 18.1 Å².